The van der Waals surface area contributed by atoms with E-state index in [1.54, 1.807) is 12.1 Å². The average Bonchev–Trinajstić information content (AvgIpc) is 2.54. The largest absolute Gasteiger partial charge is 0.356 e. The van der Waals surface area contributed by atoms with Crippen LogP contribution in [0.1, 0.15) is 30.0 Å². The van der Waals surface area contributed by atoms with E-state index in [2.05, 4.69) is 24.4 Å². The summed E-state index contributed by atoms with van der Waals surface area (Å²) >= 11 is 0. The molecule has 0 saturated carbocycles. The van der Waals surface area contributed by atoms with E-state index in [1.807, 2.05) is 12.1 Å². The lowest BCUT2D eigenvalue weighted by Crippen LogP contribution is -2.26. The van der Waals surface area contributed by atoms with E-state index in [-0.39, 0.29) is 11.7 Å². The number of aryl methyl sites for hydroxylation is 2. The Labute approximate surface area is 131 Å². The molecule has 1 amide bonds. The molecule has 2 aromatic rings. The summed E-state index contributed by atoms with van der Waals surface area (Å²) in [6, 6.07) is 14.7. The van der Waals surface area contributed by atoms with Crippen LogP contribution in [0, 0.1) is 5.82 Å². The highest BCUT2D eigenvalue weighted by molar-refractivity contribution is 5.78. The van der Waals surface area contributed by atoms with Gasteiger partial charge in [-0.1, -0.05) is 43.3 Å². The van der Waals surface area contributed by atoms with Crippen molar-refractivity contribution >= 4 is 5.91 Å². The quantitative estimate of drug-likeness (QED) is 0.776. The lowest BCUT2D eigenvalue weighted by Gasteiger charge is -2.06. The minimum Gasteiger partial charge on any atom is -0.356 e. The van der Waals surface area contributed by atoms with Gasteiger partial charge in [0, 0.05) is 6.54 Å². The molecule has 22 heavy (non-hydrogen) atoms. The number of hydrogen-bond donors (Lipinski definition) is 1. The lowest BCUT2D eigenvalue weighted by molar-refractivity contribution is -0.120. The summed E-state index contributed by atoms with van der Waals surface area (Å²) in [5.41, 5.74) is 3.41. The fourth-order valence-electron chi connectivity index (χ4n) is 2.31. The molecule has 1 N–H and O–H groups in total. The third-order valence-electron chi connectivity index (χ3n) is 3.67. The van der Waals surface area contributed by atoms with Crippen molar-refractivity contribution in [3.8, 4) is 0 Å². The summed E-state index contributed by atoms with van der Waals surface area (Å²) in [6.07, 6.45) is 3.12. The van der Waals surface area contributed by atoms with Gasteiger partial charge in [0.2, 0.25) is 5.91 Å². The van der Waals surface area contributed by atoms with E-state index in [9.17, 15) is 9.18 Å². The van der Waals surface area contributed by atoms with Crippen LogP contribution in [-0.4, -0.2) is 12.5 Å². The number of rotatable bonds is 7. The summed E-state index contributed by atoms with van der Waals surface area (Å²) in [7, 11) is 0. The fraction of sp³-hybridized carbons (Fsp3) is 0.316. The molecule has 2 rings (SSSR count). The molecule has 0 aliphatic carbocycles. The first-order chi connectivity index (χ1) is 10.7. The Hall–Kier alpha value is -2.16. The fourth-order valence-corrected chi connectivity index (χ4v) is 2.31. The Balaban J connectivity index is 1.67. The van der Waals surface area contributed by atoms with E-state index in [4.69, 9.17) is 0 Å². The van der Waals surface area contributed by atoms with Crippen molar-refractivity contribution in [2.45, 2.75) is 32.6 Å². The normalized spacial score (nSPS) is 10.5. The number of nitrogens with one attached hydrogen (secondary N) is 1. The number of hydrogen-bond acceptors (Lipinski definition) is 1. The van der Waals surface area contributed by atoms with Crippen molar-refractivity contribution < 1.29 is 9.18 Å². The first-order valence-corrected chi connectivity index (χ1v) is 7.76. The van der Waals surface area contributed by atoms with Crippen LogP contribution in [0.5, 0.6) is 0 Å². The zero-order valence-corrected chi connectivity index (χ0v) is 12.9. The van der Waals surface area contributed by atoms with Crippen LogP contribution in [0.3, 0.4) is 0 Å². The maximum atomic E-state index is 12.8. The Morgan fingerprint density at radius 1 is 0.955 bits per heavy atom. The standard InChI is InChI=1S/C19H22FNO/c1-2-15-5-7-17(8-6-15)14-19(22)21-13-3-4-16-9-11-18(20)12-10-16/h5-12H,2-4,13-14H2,1H3,(H,21,22). The summed E-state index contributed by atoms with van der Waals surface area (Å²) in [4.78, 5) is 11.9. The SMILES string of the molecule is CCc1ccc(CC(=O)NCCCc2ccc(F)cc2)cc1. The summed E-state index contributed by atoms with van der Waals surface area (Å²) in [6.45, 7) is 2.76. The zero-order valence-electron chi connectivity index (χ0n) is 12.9. The van der Waals surface area contributed by atoms with Crippen LogP contribution in [0.4, 0.5) is 4.39 Å². The van der Waals surface area contributed by atoms with Crippen LogP contribution in [0.2, 0.25) is 0 Å². The monoisotopic (exact) mass is 299 g/mol. The molecule has 3 heteroatoms. The van der Waals surface area contributed by atoms with Crippen molar-refractivity contribution in [1.82, 2.24) is 5.32 Å². The molecule has 0 spiro atoms. The highest BCUT2D eigenvalue weighted by atomic mass is 19.1. The molecule has 2 nitrogen and oxygen atoms in total. The van der Waals surface area contributed by atoms with E-state index in [0.29, 0.717) is 13.0 Å². The van der Waals surface area contributed by atoms with Gasteiger partial charge >= 0.3 is 0 Å². The van der Waals surface area contributed by atoms with E-state index in [0.717, 1.165) is 30.4 Å². The molecule has 2 aromatic carbocycles. The van der Waals surface area contributed by atoms with Gasteiger partial charge in [-0.2, -0.15) is 0 Å². The number of carbonyl (C=O) groups excluding carboxylic acids is 1. The van der Waals surface area contributed by atoms with Gasteiger partial charge in [0.15, 0.2) is 0 Å². The smallest absolute Gasteiger partial charge is 0.224 e. The van der Waals surface area contributed by atoms with Crippen LogP contribution in [0.25, 0.3) is 0 Å². The van der Waals surface area contributed by atoms with Gasteiger partial charge in [-0.05, 0) is 48.1 Å². The number of halogens is 1. The number of carbonyl (C=O) groups is 1. The molecule has 0 aromatic heterocycles. The molecule has 0 fully saturated rings. The minimum absolute atomic E-state index is 0.0448. The van der Waals surface area contributed by atoms with Gasteiger partial charge in [-0.3, -0.25) is 4.79 Å². The third kappa shape index (κ3) is 5.32. The topological polar surface area (TPSA) is 29.1 Å². The summed E-state index contributed by atoms with van der Waals surface area (Å²) in [5.74, 6) is -0.172. The van der Waals surface area contributed by atoms with E-state index >= 15 is 0 Å². The number of benzene rings is 2. The Morgan fingerprint density at radius 3 is 2.18 bits per heavy atom. The number of amides is 1. The second-order valence-corrected chi connectivity index (χ2v) is 5.43. The molecule has 0 radical (unpaired) electrons. The van der Waals surface area contributed by atoms with Crippen molar-refractivity contribution in [3.05, 3.63) is 71.0 Å². The second-order valence-electron chi connectivity index (χ2n) is 5.43. The Morgan fingerprint density at radius 2 is 1.55 bits per heavy atom. The lowest BCUT2D eigenvalue weighted by atomic mass is 10.1. The van der Waals surface area contributed by atoms with Crippen LogP contribution < -0.4 is 5.32 Å². The third-order valence-corrected chi connectivity index (χ3v) is 3.67. The van der Waals surface area contributed by atoms with Crippen molar-refractivity contribution in [2.75, 3.05) is 6.54 Å². The molecule has 0 unspecified atom stereocenters. The molecule has 116 valence electrons. The van der Waals surface area contributed by atoms with Crippen LogP contribution >= 0.6 is 0 Å². The molecule has 0 aliphatic heterocycles. The molecule has 0 atom stereocenters. The Kier molecular flexibility index (Phi) is 6.13. The van der Waals surface area contributed by atoms with Gasteiger partial charge in [0.05, 0.1) is 6.42 Å². The highest BCUT2D eigenvalue weighted by Gasteiger charge is 2.03. The molecule has 0 aliphatic rings. The summed E-state index contributed by atoms with van der Waals surface area (Å²) < 4.78 is 12.8. The predicted octanol–water partition coefficient (Wildman–Crippen LogP) is 3.68. The zero-order chi connectivity index (χ0) is 15.8. The highest BCUT2D eigenvalue weighted by Crippen LogP contribution is 2.06. The molecule has 0 saturated heterocycles. The van der Waals surface area contributed by atoms with Crippen molar-refractivity contribution in [2.24, 2.45) is 0 Å². The first kappa shape index (κ1) is 16.2. The molecule has 0 heterocycles. The van der Waals surface area contributed by atoms with Crippen LogP contribution in [0.15, 0.2) is 48.5 Å². The summed E-state index contributed by atoms with van der Waals surface area (Å²) in [5, 5.41) is 2.93. The Bertz CT molecular complexity index is 590. The van der Waals surface area contributed by atoms with Gasteiger partial charge in [0.25, 0.3) is 0 Å². The van der Waals surface area contributed by atoms with Crippen LogP contribution in [-0.2, 0) is 24.1 Å². The first-order valence-electron chi connectivity index (χ1n) is 7.76. The van der Waals surface area contributed by atoms with E-state index in [1.165, 1.54) is 17.7 Å². The van der Waals surface area contributed by atoms with Gasteiger partial charge < -0.3 is 5.32 Å². The van der Waals surface area contributed by atoms with Gasteiger partial charge in [-0.25, -0.2) is 4.39 Å². The minimum atomic E-state index is -0.217. The predicted molar refractivity (Wildman–Crippen MR) is 87.3 cm³/mol. The second kappa shape index (κ2) is 8.32. The van der Waals surface area contributed by atoms with E-state index < -0.39 is 0 Å². The van der Waals surface area contributed by atoms with Gasteiger partial charge in [-0.15, -0.1) is 0 Å². The maximum Gasteiger partial charge on any atom is 0.224 e. The molecule has 0 bridgehead atoms. The maximum absolute atomic E-state index is 12.8. The van der Waals surface area contributed by atoms with Gasteiger partial charge in [0.1, 0.15) is 5.82 Å². The average molecular weight is 299 g/mol. The molecular weight excluding hydrogens is 277 g/mol. The van der Waals surface area contributed by atoms with Crippen molar-refractivity contribution in [3.63, 3.8) is 0 Å². The van der Waals surface area contributed by atoms with Crippen molar-refractivity contribution in [1.29, 1.82) is 0 Å². The molecular formula is C19H22FNO.